The third-order valence-electron chi connectivity index (χ3n) is 3.45. The van der Waals surface area contributed by atoms with E-state index in [1.54, 1.807) is 11.3 Å². The second kappa shape index (κ2) is 4.21. The van der Waals surface area contributed by atoms with Gasteiger partial charge in [-0.2, -0.15) is 0 Å². The van der Waals surface area contributed by atoms with Crippen LogP contribution < -0.4 is 0 Å². The van der Waals surface area contributed by atoms with Gasteiger partial charge in [-0.1, -0.05) is 12.1 Å². The topological polar surface area (TPSA) is 39.2 Å². The van der Waals surface area contributed by atoms with Crippen molar-refractivity contribution in [2.24, 2.45) is 0 Å². The fourth-order valence-electron chi connectivity index (χ4n) is 2.25. The molecule has 1 aliphatic carbocycles. The minimum atomic E-state index is -0.291. The predicted octanol–water partition coefficient (Wildman–Crippen LogP) is 3.01. The summed E-state index contributed by atoms with van der Waals surface area (Å²) in [6, 6.07) is 7.69. The van der Waals surface area contributed by atoms with E-state index in [9.17, 15) is 4.79 Å². The van der Waals surface area contributed by atoms with E-state index in [0.717, 1.165) is 12.8 Å². The minimum absolute atomic E-state index is 0.100. The molecule has 1 heterocycles. The van der Waals surface area contributed by atoms with Gasteiger partial charge < -0.3 is 4.74 Å². The number of benzene rings is 1. The van der Waals surface area contributed by atoms with Gasteiger partial charge >= 0.3 is 5.97 Å². The van der Waals surface area contributed by atoms with Gasteiger partial charge in [-0.25, -0.2) is 9.78 Å². The first-order valence-electron chi connectivity index (χ1n) is 5.85. The molecule has 0 aliphatic heterocycles. The Kier molecular flexibility index (Phi) is 2.67. The van der Waals surface area contributed by atoms with Gasteiger partial charge in [-0.05, 0) is 30.5 Å². The number of methoxy groups -OCH3 is 1. The molecule has 0 bridgehead atoms. The molecule has 3 rings (SSSR count). The summed E-state index contributed by atoms with van der Waals surface area (Å²) in [6.07, 6.45) is 4.12. The van der Waals surface area contributed by atoms with Crippen LogP contribution in [0.5, 0.6) is 0 Å². The molecule has 4 heteroatoms. The normalized spacial score (nSPS) is 16.3. The number of hydrogen-bond acceptors (Lipinski definition) is 4. The maximum atomic E-state index is 11.4. The Bertz CT molecular complexity index is 556. The van der Waals surface area contributed by atoms with Crippen molar-refractivity contribution < 1.29 is 9.53 Å². The summed E-state index contributed by atoms with van der Waals surface area (Å²) in [5.41, 5.74) is 1.93. The Morgan fingerprint density at radius 1 is 1.33 bits per heavy atom. The SMILES string of the molecule is COC(=O)c1ccc(C2(c3nccs3)CC2)cc1. The predicted molar refractivity (Wildman–Crippen MR) is 69.9 cm³/mol. The largest absolute Gasteiger partial charge is 0.465 e. The second-order valence-corrected chi connectivity index (χ2v) is 5.38. The fourth-order valence-corrected chi connectivity index (χ4v) is 3.17. The van der Waals surface area contributed by atoms with E-state index >= 15 is 0 Å². The van der Waals surface area contributed by atoms with Gasteiger partial charge in [0.2, 0.25) is 0 Å². The zero-order valence-corrected chi connectivity index (χ0v) is 10.9. The van der Waals surface area contributed by atoms with Gasteiger partial charge in [-0.3, -0.25) is 0 Å². The van der Waals surface area contributed by atoms with Gasteiger partial charge in [0.05, 0.1) is 12.7 Å². The van der Waals surface area contributed by atoms with Gasteiger partial charge in [0.15, 0.2) is 0 Å². The molecule has 1 aromatic carbocycles. The molecule has 0 radical (unpaired) electrons. The lowest BCUT2D eigenvalue weighted by molar-refractivity contribution is 0.0600. The highest BCUT2D eigenvalue weighted by Gasteiger charge is 2.48. The highest BCUT2D eigenvalue weighted by molar-refractivity contribution is 7.09. The van der Waals surface area contributed by atoms with E-state index in [0.29, 0.717) is 5.56 Å². The first-order valence-corrected chi connectivity index (χ1v) is 6.73. The van der Waals surface area contributed by atoms with Crippen LogP contribution in [0.3, 0.4) is 0 Å². The quantitative estimate of drug-likeness (QED) is 0.795. The molecule has 2 aromatic rings. The van der Waals surface area contributed by atoms with Crippen LogP contribution in [0.1, 0.15) is 33.8 Å². The molecule has 3 nitrogen and oxygen atoms in total. The molecule has 1 fully saturated rings. The lowest BCUT2D eigenvalue weighted by Crippen LogP contribution is -2.09. The average Bonchev–Trinajstić information content (AvgIpc) is 3.05. The lowest BCUT2D eigenvalue weighted by Gasteiger charge is -2.12. The first-order chi connectivity index (χ1) is 8.76. The zero-order chi connectivity index (χ0) is 12.6. The third kappa shape index (κ3) is 1.73. The number of thiazole rings is 1. The number of ether oxygens (including phenoxy) is 1. The number of rotatable bonds is 3. The van der Waals surface area contributed by atoms with Crippen LogP contribution in [-0.4, -0.2) is 18.1 Å². The van der Waals surface area contributed by atoms with Crippen molar-refractivity contribution in [2.75, 3.05) is 7.11 Å². The molecule has 1 saturated carbocycles. The molecule has 0 spiro atoms. The first kappa shape index (κ1) is 11.4. The molecule has 18 heavy (non-hydrogen) atoms. The molecular formula is C14H13NO2S. The van der Waals surface area contributed by atoms with Crippen molar-refractivity contribution in [2.45, 2.75) is 18.3 Å². The van der Waals surface area contributed by atoms with E-state index in [1.807, 2.05) is 35.8 Å². The van der Waals surface area contributed by atoms with Crippen LogP contribution in [0.4, 0.5) is 0 Å². The highest BCUT2D eigenvalue weighted by atomic mass is 32.1. The maximum absolute atomic E-state index is 11.4. The summed E-state index contributed by atoms with van der Waals surface area (Å²) < 4.78 is 4.70. The van der Waals surface area contributed by atoms with Crippen molar-refractivity contribution in [3.05, 3.63) is 52.0 Å². The Balaban J connectivity index is 1.92. The van der Waals surface area contributed by atoms with Crippen molar-refractivity contribution in [1.29, 1.82) is 0 Å². The molecular weight excluding hydrogens is 246 g/mol. The van der Waals surface area contributed by atoms with Crippen LogP contribution in [-0.2, 0) is 10.2 Å². The van der Waals surface area contributed by atoms with Gasteiger partial charge in [0.1, 0.15) is 5.01 Å². The molecule has 0 atom stereocenters. The summed E-state index contributed by atoms with van der Waals surface area (Å²) >= 11 is 1.70. The van der Waals surface area contributed by atoms with Crippen molar-refractivity contribution >= 4 is 17.3 Å². The van der Waals surface area contributed by atoms with Crippen LogP contribution in [0.25, 0.3) is 0 Å². The average molecular weight is 259 g/mol. The second-order valence-electron chi connectivity index (χ2n) is 4.49. The Morgan fingerprint density at radius 3 is 2.56 bits per heavy atom. The smallest absolute Gasteiger partial charge is 0.337 e. The number of hydrogen-bond donors (Lipinski definition) is 0. The molecule has 1 aromatic heterocycles. The van der Waals surface area contributed by atoms with Crippen LogP contribution >= 0.6 is 11.3 Å². The minimum Gasteiger partial charge on any atom is -0.465 e. The molecule has 0 N–H and O–H groups in total. The number of nitrogens with zero attached hydrogens (tertiary/aromatic N) is 1. The summed E-state index contributed by atoms with van der Waals surface area (Å²) in [6.45, 7) is 0. The maximum Gasteiger partial charge on any atom is 0.337 e. The summed E-state index contributed by atoms with van der Waals surface area (Å²) in [5, 5.41) is 3.19. The van der Waals surface area contributed by atoms with Crippen LogP contribution in [0.15, 0.2) is 35.8 Å². The third-order valence-corrected chi connectivity index (χ3v) is 4.43. The molecule has 92 valence electrons. The zero-order valence-electron chi connectivity index (χ0n) is 10.1. The van der Waals surface area contributed by atoms with E-state index in [4.69, 9.17) is 4.74 Å². The van der Waals surface area contributed by atoms with Crippen molar-refractivity contribution in [1.82, 2.24) is 4.98 Å². The molecule has 0 unspecified atom stereocenters. The van der Waals surface area contributed by atoms with Gasteiger partial charge in [-0.15, -0.1) is 11.3 Å². The Labute approximate surface area is 109 Å². The van der Waals surface area contributed by atoms with Crippen LogP contribution in [0, 0.1) is 0 Å². The van der Waals surface area contributed by atoms with E-state index in [2.05, 4.69) is 4.98 Å². The highest BCUT2D eigenvalue weighted by Crippen LogP contribution is 2.53. The van der Waals surface area contributed by atoms with E-state index in [-0.39, 0.29) is 11.4 Å². The molecule has 0 saturated heterocycles. The number of esters is 1. The monoisotopic (exact) mass is 259 g/mol. The standard InChI is InChI=1S/C14H13NO2S/c1-17-12(16)10-2-4-11(5-3-10)14(6-7-14)13-15-8-9-18-13/h2-5,8-9H,6-7H2,1H3. The van der Waals surface area contributed by atoms with Crippen molar-refractivity contribution in [3.8, 4) is 0 Å². The van der Waals surface area contributed by atoms with Gasteiger partial charge in [0, 0.05) is 17.0 Å². The fraction of sp³-hybridized carbons (Fsp3) is 0.286. The summed E-state index contributed by atoms with van der Waals surface area (Å²) in [5.74, 6) is -0.291. The Hall–Kier alpha value is -1.68. The van der Waals surface area contributed by atoms with Crippen molar-refractivity contribution in [3.63, 3.8) is 0 Å². The van der Waals surface area contributed by atoms with Crippen LogP contribution in [0.2, 0.25) is 0 Å². The molecule has 1 aliphatic rings. The lowest BCUT2D eigenvalue weighted by atomic mass is 9.96. The number of aromatic nitrogens is 1. The summed E-state index contributed by atoms with van der Waals surface area (Å²) in [4.78, 5) is 15.8. The van der Waals surface area contributed by atoms with Gasteiger partial charge in [0.25, 0.3) is 0 Å². The number of carbonyl (C=O) groups is 1. The number of carbonyl (C=O) groups excluding carboxylic acids is 1. The summed E-state index contributed by atoms with van der Waals surface area (Å²) in [7, 11) is 1.40. The van der Waals surface area contributed by atoms with E-state index < -0.39 is 0 Å². The Morgan fingerprint density at radius 2 is 2.06 bits per heavy atom. The molecule has 0 amide bonds. The van der Waals surface area contributed by atoms with E-state index in [1.165, 1.54) is 17.7 Å².